The van der Waals surface area contributed by atoms with Crippen molar-refractivity contribution in [2.75, 3.05) is 0 Å². The average Bonchev–Trinajstić information content (AvgIpc) is 2.08. The summed E-state index contributed by atoms with van der Waals surface area (Å²) in [6.07, 6.45) is 0.750. The standard InChI is InChI=1S/C10H10BrClO2/c1-6(2)14-10-7(5-13)3-8(12)4-9(10)11/h3-6H,1-2H3. The zero-order chi connectivity index (χ0) is 10.7. The van der Waals surface area contributed by atoms with E-state index in [4.69, 9.17) is 16.3 Å². The Kier molecular flexibility index (Phi) is 3.96. The predicted molar refractivity (Wildman–Crippen MR) is 60.3 cm³/mol. The second kappa shape index (κ2) is 4.80. The van der Waals surface area contributed by atoms with Crippen molar-refractivity contribution in [3.05, 3.63) is 27.2 Å². The molecular weight excluding hydrogens is 267 g/mol. The lowest BCUT2D eigenvalue weighted by atomic mass is 10.2. The molecule has 0 saturated carbocycles. The Bertz CT molecular complexity index is 350. The molecule has 1 aromatic rings. The third-order valence-corrected chi connectivity index (χ3v) is 2.32. The summed E-state index contributed by atoms with van der Waals surface area (Å²) in [5.74, 6) is 0.541. The maximum atomic E-state index is 10.8. The fourth-order valence-electron chi connectivity index (χ4n) is 1.03. The van der Waals surface area contributed by atoms with Gasteiger partial charge in [-0.2, -0.15) is 0 Å². The number of hydrogen-bond donors (Lipinski definition) is 0. The van der Waals surface area contributed by atoms with E-state index >= 15 is 0 Å². The summed E-state index contributed by atoms with van der Waals surface area (Å²) < 4.78 is 6.18. The topological polar surface area (TPSA) is 26.3 Å². The Labute approximate surface area is 96.3 Å². The summed E-state index contributed by atoms with van der Waals surface area (Å²) >= 11 is 9.09. The molecule has 1 aromatic carbocycles. The molecule has 0 N–H and O–H groups in total. The first-order valence-corrected chi connectivity index (χ1v) is 5.32. The molecule has 0 saturated heterocycles. The molecular formula is C10H10BrClO2. The number of aldehydes is 1. The van der Waals surface area contributed by atoms with Crippen LogP contribution in [0.15, 0.2) is 16.6 Å². The highest BCUT2D eigenvalue weighted by molar-refractivity contribution is 9.10. The largest absolute Gasteiger partial charge is 0.489 e. The van der Waals surface area contributed by atoms with Crippen molar-refractivity contribution in [1.82, 2.24) is 0 Å². The van der Waals surface area contributed by atoms with Crippen molar-refractivity contribution < 1.29 is 9.53 Å². The van der Waals surface area contributed by atoms with Gasteiger partial charge in [0.05, 0.1) is 16.1 Å². The summed E-state index contributed by atoms with van der Waals surface area (Å²) in [4.78, 5) is 10.8. The third-order valence-electron chi connectivity index (χ3n) is 1.52. The van der Waals surface area contributed by atoms with Crippen molar-refractivity contribution in [2.45, 2.75) is 20.0 Å². The van der Waals surface area contributed by atoms with Crippen LogP contribution in [0.4, 0.5) is 0 Å². The van der Waals surface area contributed by atoms with Crippen LogP contribution in [0.3, 0.4) is 0 Å². The van der Waals surface area contributed by atoms with E-state index in [9.17, 15) is 4.79 Å². The van der Waals surface area contributed by atoms with Crippen molar-refractivity contribution >= 4 is 33.8 Å². The number of carbonyl (C=O) groups excluding carboxylic acids is 1. The fourth-order valence-corrected chi connectivity index (χ4v) is 1.96. The van der Waals surface area contributed by atoms with E-state index in [1.807, 2.05) is 13.8 Å². The number of hydrogen-bond acceptors (Lipinski definition) is 2. The summed E-state index contributed by atoms with van der Waals surface area (Å²) in [7, 11) is 0. The van der Waals surface area contributed by atoms with Gasteiger partial charge in [0, 0.05) is 5.02 Å². The zero-order valence-electron chi connectivity index (χ0n) is 7.88. The summed E-state index contributed by atoms with van der Waals surface area (Å²) in [6.45, 7) is 3.80. The average molecular weight is 278 g/mol. The molecule has 0 unspecified atom stereocenters. The minimum Gasteiger partial charge on any atom is -0.489 e. The molecule has 0 bridgehead atoms. The molecule has 0 radical (unpaired) electrons. The van der Waals surface area contributed by atoms with Crippen LogP contribution in [0.5, 0.6) is 5.75 Å². The summed E-state index contributed by atoms with van der Waals surface area (Å²) in [5, 5.41) is 0.509. The number of halogens is 2. The van der Waals surface area contributed by atoms with Crippen molar-refractivity contribution in [1.29, 1.82) is 0 Å². The van der Waals surface area contributed by atoms with Crippen LogP contribution in [0.2, 0.25) is 5.02 Å². The Morgan fingerprint density at radius 2 is 2.14 bits per heavy atom. The number of benzene rings is 1. The normalized spacial score (nSPS) is 10.4. The molecule has 0 heterocycles. The summed E-state index contributed by atoms with van der Waals surface area (Å²) in [6, 6.07) is 3.28. The summed E-state index contributed by atoms with van der Waals surface area (Å²) in [5.41, 5.74) is 0.457. The molecule has 0 amide bonds. The van der Waals surface area contributed by atoms with Crippen LogP contribution >= 0.6 is 27.5 Å². The highest BCUT2D eigenvalue weighted by atomic mass is 79.9. The first kappa shape index (κ1) is 11.5. The van der Waals surface area contributed by atoms with Crippen LogP contribution in [0.25, 0.3) is 0 Å². The SMILES string of the molecule is CC(C)Oc1c(Br)cc(Cl)cc1C=O. The van der Waals surface area contributed by atoms with Crippen molar-refractivity contribution in [2.24, 2.45) is 0 Å². The molecule has 14 heavy (non-hydrogen) atoms. The maximum Gasteiger partial charge on any atom is 0.153 e. The second-order valence-electron chi connectivity index (χ2n) is 3.09. The van der Waals surface area contributed by atoms with E-state index in [1.165, 1.54) is 0 Å². The highest BCUT2D eigenvalue weighted by Gasteiger charge is 2.10. The van der Waals surface area contributed by atoms with Gasteiger partial charge in [-0.3, -0.25) is 4.79 Å². The van der Waals surface area contributed by atoms with Gasteiger partial charge in [0.2, 0.25) is 0 Å². The quantitative estimate of drug-likeness (QED) is 0.788. The van der Waals surface area contributed by atoms with Crippen LogP contribution in [-0.4, -0.2) is 12.4 Å². The van der Waals surface area contributed by atoms with E-state index in [0.29, 0.717) is 20.8 Å². The highest BCUT2D eigenvalue weighted by Crippen LogP contribution is 2.32. The number of carbonyl (C=O) groups is 1. The van der Waals surface area contributed by atoms with Crippen LogP contribution < -0.4 is 4.74 Å². The van der Waals surface area contributed by atoms with Gasteiger partial charge in [0.1, 0.15) is 5.75 Å². The smallest absolute Gasteiger partial charge is 0.153 e. The van der Waals surface area contributed by atoms with Gasteiger partial charge in [-0.25, -0.2) is 0 Å². The Balaban J connectivity index is 3.18. The van der Waals surface area contributed by atoms with Crippen LogP contribution in [-0.2, 0) is 0 Å². The van der Waals surface area contributed by atoms with Crippen molar-refractivity contribution in [3.8, 4) is 5.75 Å². The van der Waals surface area contributed by atoms with E-state index in [2.05, 4.69) is 15.9 Å². The minimum absolute atomic E-state index is 0.0196. The molecule has 0 aliphatic rings. The molecule has 76 valence electrons. The Hall–Kier alpha value is -0.540. The molecule has 0 aromatic heterocycles. The minimum atomic E-state index is 0.0196. The van der Waals surface area contributed by atoms with Gasteiger partial charge < -0.3 is 4.74 Å². The molecule has 2 nitrogen and oxygen atoms in total. The first-order valence-electron chi connectivity index (χ1n) is 4.15. The molecule has 0 atom stereocenters. The van der Waals surface area contributed by atoms with Crippen LogP contribution in [0.1, 0.15) is 24.2 Å². The predicted octanol–water partition coefficient (Wildman–Crippen LogP) is 3.70. The molecule has 1 rings (SSSR count). The van der Waals surface area contributed by atoms with Gasteiger partial charge in [0.15, 0.2) is 6.29 Å². The van der Waals surface area contributed by atoms with Gasteiger partial charge in [-0.05, 0) is 41.9 Å². The van der Waals surface area contributed by atoms with Gasteiger partial charge in [-0.15, -0.1) is 0 Å². The van der Waals surface area contributed by atoms with Crippen molar-refractivity contribution in [3.63, 3.8) is 0 Å². The Morgan fingerprint density at radius 1 is 1.50 bits per heavy atom. The van der Waals surface area contributed by atoms with E-state index in [0.717, 1.165) is 6.29 Å². The molecule has 0 aliphatic heterocycles. The molecule has 0 spiro atoms. The molecule has 0 aliphatic carbocycles. The Morgan fingerprint density at radius 3 is 2.64 bits per heavy atom. The lowest BCUT2D eigenvalue weighted by Crippen LogP contribution is -2.08. The molecule has 4 heteroatoms. The van der Waals surface area contributed by atoms with Crippen LogP contribution in [0, 0.1) is 0 Å². The van der Waals surface area contributed by atoms with E-state index < -0.39 is 0 Å². The van der Waals surface area contributed by atoms with Gasteiger partial charge in [0.25, 0.3) is 0 Å². The lowest BCUT2D eigenvalue weighted by molar-refractivity contribution is 0.111. The molecule has 0 fully saturated rings. The van der Waals surface area contributed by atoms with E-state index in [1.54, 1.807) is 12.1 Å². The fraction of sp³-hybridized carbons (Fsp3) is 0.300. The number of ether oxygens (including phenoxy) is 1. The second-order valence-corrected chi connectivity index (χ2v) is 4.38. The monoisotopic (exact) mass is 276 g/mol. The first-order chi connectivity index (χ1) is 6.54. The third kappa shape index (κ3) is 2.72. The lowest BCUT2D eigenvalue weighted by Gasteiger charge is -2.13. The van der Waals surface area contributed by atoms with E-state index in [-0.39, 0.29) is 6.10 Å². The number of rotatable bonds is 3. The van der Waals surface area contributed by atoms with Gasteiger partial charge in [-0.1, -0.05) is 11.6 Å². The van der Waals surface area contributed by atoms with Gasteiger partial charge >= 0.3 is 0 Å². The zero-order valence-corrected chi connectivity index (χ0v) is 10.2. The maximum absolute atomic E-state index is 10.8.